The monoisotopic (exact) mass is 485 g/mol. The summed E-state index contributed by atoms with van der Waals surface area (Å²) in [5.74, 6) is 0.253. The molecule has 30 heavy (non-hydrogen) atoms. The Morgan fingerprint density at radius 3 is 2.60 bits per heavy atom. The summed E-state index contributed by atoms with van der Waals surface area (Å²) in [5, 5.41) is 3.29. The van der Waals surface area contributed by atoms with Crippen molar-refractivity contribution in [1.29, 1.82) is 0 Å². The number of nitrogens with zero attached hydrogens (tertiary/aromatic N) is 2. The Balaban J connectivity index is 1.56. The molecule has 0 aliphatic carbocycles. The van der Waals surface area contributed by atoms with Gasteiger partial charge in [0.2, 0.25) is 0 Å². The molecule has 3 aromatic carbocycles. The molecule has 0 saturated heterocycles. The van der Waals surface area contributed by atoms with E-state index in [1.54, 1.807) is 24.3 Å². The molecule has 0 fully saturated rings. The highest BCUT2D eigenvalue weighted by molar-refractivity contribution is 9.10. The van der Waals surface area contributed by atoms with Gasteiger partial charge in [0.1, 0.15) is 11.6 Å². The van der Waals surface area contributed by atoms with E-state index in [0.29, 0.717) is 29.1 Å². The fourth-order valence-electron chi connectivity index (χ4n) is 3.33. The van der Waals surface area contributed by atoms with E-state index >= 15 is 0 Å². The molecule has 4 rings (SSSR count). The zero-order chi connectivity index (χ0) is 21.1. The van der Waals surface area contributed by atoms with Crippen LogP contribution in [-0.4, -0.2) is 22.0 Å². The molecule has 1 aromatic heterocycles. The van der Waals surface area contributed by atoms with Gasteiger partial charge in [0.15, 0.2) is 0 Å². The first-order valence-electron chi connectivity index (χ1n) is 9.44. The number of para-hydroxylation sites is 2. The van der Waals surface area contributed by atoms with E-state index in [9.17, 15) is 9.18 Å². The lowest BCUT2D eigenvalue weighted by Crippen LogP contribution is -2.26. The van der Waals surface area contributed by atoms with Gasteiger partial charge in [-0.25, -0.2) is 9.37 Å². The first-order valence-corrected chi connectivity index (χ1v) is 10.6. The first kappa shape index (κ1) is 20.6. The summed E-state index contributed by atoms with van der Waals surface area (Å²) in [4.78, 5) is 17.1. The van der Waals surface area contributed by atoms with Crippen molar-refractivity contribution in [3.8, 4) is 0 Å². The van der Waals surface area contributed by atoms with Crippen molar-refractivity contribution in [2.45, 2.75) is 13.0 Å². The normalized spacial score (nSPS) is 11.0. The quantitative estimate of drug-likeness (QED) is 0.385. The average molecular weight is 487 g/mol. The van der Waals surface area contributed by atoms with E-state index in [0.717, 1.165) is 21.3 Å². The van der Waals surface area contributed by atoms with Crippen molar-refractivity contribution < 1.29 is 9.18 Å². The second-order valence-corrected chi connectivity index (χ2v) is 8.14. The van der Waals surface area contributed by atoms with Gasteiger partial charge >= 0.3 is 0 Å². The highest BCUT2D eigenvalue weighted by Crippen LogP contribution is 2.24. The summed E-state index contributed by atoms with van der Waals surface area (Å²) < 4.78 is 17.2. The summed E-state index contributed by atoms with van der Waals surface area (Å²) in [6.07, 6.45) is 0.503. The molecule has 1 amide bonds. The number of carbonyl (C=O) groups excluding carboxylic acids is 1. The molecule has 4 aromatic rings. The van der Waals surface area contributed by atoms with Crippen molar-refractivity contribution in [2.75, 3.05) is 6.54 Å². The van der Waals surface area contributed by atoms with Crippen molar-refractivity contribution in [2.24, 2.45) is 0 Å². The van der Waals surface area contributed by atoms with Crippen LogP contribution in [-0.2, 0) is 13.0 Å². The predicted octanol–water partition coefficient (Wildman–Crippen LogP) is 5.61. The van der Waals surface area contributed by atoms with Crippen molar-refractivity contribution >= 4 is 44.5 Å². The first-order chi connectivity index (χ1) is 14.5. The highest BCUT2D eigenvalue weighted by atomic mass is 79.9. The number of carbonyl (C=O) groups is 1. The lowest BCUT2D eigenvalue weighted by molar-refractivity contribution is 0.0954. The minimum Gasteiger partial charge on any atom is -0.352 e. The molecule has 4 nitrogen and oxygen atoms in total. The lowest BCUT2D eigenvalue weighted by Gasteiger charge is -2.12. The Morgan fingerprint density at radius 2 is 1.83 bits per heavy atom. The summed E-state index contributed by atoms with van der Waals surface area (Å²) in [7, 11) is 0. The molecule has 0 spiro atoms. The van der Waals surface area contributed by atoms with Crippen LogP contribution in [0.5, 0.6) is 0 Å². The Bertz CT molecular complexity index is 1190. The van der Waals surface area contributed by atoms with E-state index in [1.807, 2.05) is 41.0 Å². The van der Waals surface area contributed by atoms with E-state index in [4.69, 9.17) is 11.6 Å². The molecule has 0 bridgehead atoms. The predicted molar refractivity (Wildman–Crippen MR) is 120 cm³/mol. The number of amides is 1. The molecule has 0 unspecified atom stereocenters. The van der Waals surface area contributed by atoms with Crippen LogP contribution >= 0.6 is 27.5 Å². The zero-order valence-corrected chi connectivity index (χ0v) is 18.3. The fourth-order valence-corrected chi connectivity index (χ4v) is 3.81. The molecule has 152 valence electrons. The van der Waals surface area contributed by atoms with Crippen LogP contribution in [0.25, 0.3) is 11.0 Å². The van der Waals surface area contributed by atoms with Gasteiger partial charge in [-0.3, -0.25) is 4.79 Å². The van der Waals surface area contributed by atoms with Gasteiger partial charge < -0.3 is 9.88 Å². The van der Waals surface area contributed by atoms with Gasteiger partial charge in [0.05, 0.1) is 17.6 Å². The van der Waals surface area contributed by atoms with Crippen LogP contribution in [0.3, 0.4) is 0 Å². The number of hydrogen-bond donors (Lipinski definition) is 1. The number of nitrogens with one attached hydrogen (secondary N) is 1. The SMILES string of the molecule is O=C(NCCc1nc2ccccc2n1Cc1c(F)cccc1Cl)c1ccc(Br)cc1. The largest absolute Gasteiger partial charge is 0.352 e. The van der Waals surface area contributed by atoms with Gasteiger partial charge in [-0.05, 0) is 48.5 Å². The molecular formula is C23H18BrClFN3O. The van der Waals surface area contributed by atoms with Crippen molar-refractivity contribution in [3.63, 3.8) is 0 Å². The Kier molecular flexibility index (Phi) is 6.16. The number of benzene rings is 3. The van der Waals surface area contributed by atoms with Gasteiger partial charge in [-0.15, -0.1) is 0 Å². The zero-order valence-electron chi connectivity index (χ0n) is 15.9. The molecule has 1 heterocycles. The summed E-state index contributed by atoms with van der Waals surface area (Å²) in [5.41, 5.74) is 2.72. The molecule has 0 aliphatic heterocycles. The van der Waals surface area contributed by atoms with Crippen LogP contribution in [0.4, 0.5) is 4.39 Å². The number of fused-ring (bicyclic) bond motifs is 1. The van der Waals surface area contributed by atoms with E-state index in [-0.39, 0.29) is 18.3 Å². The van der Waals surface area contributed by atoms with Gasteiger partial charge in [-0.2, -0.15) is 0 Å². The molecule has 0 atom stereocenters. The number of imidazole rings is 1. The standard InChI is InChI=1S/C23H18BrClFN3O/c24-16-10-8-15(9-11-16)23(30)27-13-12-22-28-20-6-1-2-7-21(20)29(22)14-17-18(25)4-3-5-19(17)26/h1-11H,12-14H2,(H,27,30). The molecule has 0 saturated carbocycles. The smallest absolute Gasteiger partial charge is 0.251 e. The maximum Gasteiger partial charge on any atom is 0.251 e. The molecule has 7 heteroatoms. The van der Waals surface area contributed by atoms with Gasteiger partial charge in [0.25, 0.3) is 5.91 Å². The van der Waals surface area contributed by atoms with Crippen molar-refractivity contribution in [3.05, 3.63) is 99.0 Å². The van der Waals surface area contributed by atoms with Crippen LogP contribution in [0.1, 0.15) is 21.7 Å². The Morgan fingerprint density at radius 1 is 1.07 bits per heavy atom. The Labute approximate surface area is 186 Å². The van der Waals surface area contributed by atoms with Crippen LogP contribution < -0.4 is 5.32 Å². The van der Waals surface area contributed by atoms with Gasteiger partial charge in [-0.1, -0.05) is 45.7 Å². The maximum atomic E-state index is 14.4. The average Bonchev–Trinajstić information content (AvgIpc) is 3.08. The van der Waals surface area contributed by atoms with Crippen LogP contribution in [0.15, 0.2) is 71.2 Å². The lowest BCUT2D eigenvalue weighted by atomic mass is 10.2. The fraction of sp³-hybridized carbons (Fsp3) is 0.130. The molecule has 0 radical (unpaired) electrons. The van der Waals surface area contributed by atoms with E-state index in [2.05, 4.69) is 26.2 Å². The molecular weight excluding hydrogens is 469 g/mol. The number of aromatic nitrogens is 2. The Hall–Kier alpha value is -2.70. The number of hydrogen-bond acceptors (Lipinski definition) is 2. The summed E-state index contributed by atoms with van der Waals surface area (Å²) in [6, 6.07) is 19.5. The third-order valence-electron chi connectivity index (χ3n) is 4.85. The highest BCUT2D eigenvalue weighted by Gasteiger charge is 2.15. The summed E-state index contributed by atoms with van der Waals surface area (Å²) >= 11 is 9.60. The third-order valence-corrected chi connectivity index (χ3v) is 5.73. The van der Waals surface area contributed by atoms with Crippen LogP contribution in [0.2, 0.25) is 5.02 Å². The van der Waals surface area contributed by atoms with E-state index in [1.165, 1.54) is 6.07 Å². The minimum absolute atomic E-state index is 0.151. The number of halogens is 3. The number of rotatable bonds is 6. The van der Waals surface area contributed by atoms with Gasteiger partial charge in [0, 0.05) is 33.6 Å². The third kappa shape index (κ3) is 4.40. The van der Waals surface area contributed by atoms with Crippen molar-refractivity contribution in [1.82, 2.24) is 14.9 Å². The molecule has 1 N–H and O–H groups in total. The van der Waals surface area contributed by atoms with E-state index < -0.39 is 0 Å². The second-order valence-electron chi connectivity index (χ2n) is 6.82. The molecule has 0 aliphatic rings. The minimum atomic E-state index is -0.352. The summed E-state index contributed by atoms with van der Waals surface area (Å²) in [6.45, 7) is 0.672. The second kappa shape index (κ2) is 8.98. The maximum absolute atomic E-state index is 14.4. The van der Waals surface area contributed by atoms with Crippen LogP contribution in [0, 0.1) is 5.82 Å². The topological polar surface area (TPSA) is 46.9 Å².